The Kier molecular flexibility index (Phi) is 6.38. The molecule has 0 radical (unpaired) electrons. The minimum Gasteiger partial charge on any atom is -0.465 e. The molecule has 102 valence electrons. The van der Waals surface area contributed by atoms with E-state index in [1.54, 1.807) is 13.0 Å². The quantitative estimate of drug-likeness (QED) is 0.477. The van der Waals surface area contributed by atoms with Crippen LogP contribution in [0.15, 0.2) is 12.7 Å². The van der Waals surface area contributed by atoms with E-state index in [2.05, 4.69) is 17.2 Å². The van der Waals surface area contributed by atoms with Gasteiger partial charge in [-0.3, -0.25) is 14.5 Å². The number of rotatable bonds is 6. The second kappa shape index (κ2) is 7.84. The third-order valence-corrected chi connectivity index (χ3v) is 2.70. The number of hydrogen-bond acceptors (Lipinski definition) is 5. The van der Waals surface area contributed by atoms with Gasteiger partial charge in [-0.05, 0) is 6.92 Å². The van der Waals surface area contributed by atoms with E-state index in [9.17, 15) is 9.59 Å². The Balaban J connectivity index is 2.51. The van der Waals surface area contributed by atoms with E-state index in [-0.39, 0.29) is 24.5 Å². The Morgan fingerprint density at radius 3 is 3.06 bits per heavy atom. The first kappa shape index (κ1) is 14.7. The van der Waals surface area contributed by atoms with Crippen LogP contribution in [0.2, 0.25) is 0 Å². The Labute approximate surface area is 107 Å². The van der Waals surface area contributed by atoms with Gasteiger partial charge >= 0.3 is 5.97 Å². The van der Waals surface area contributed by atoms with Crippen LogP contribution in [0.3, 0.4) is 0 Å². The molecule has 0 bridgehead atoms. The molecule has 1 fully saturated rings. The maximum atomic E-state index is 11.8. The number of carbonyl (C=O) groups is 2. The monoisotopic (exact) mass is 255 g/mol. The van der Waals surface area contributed by atoms with Gasteiger partial charge < -0.3 is 15.4 Å². The SMILES string of the molecule is C=CCNC(=O)CN1CCNCC1C(=O)OCC. The standard InChI is InChI=1S/C12H21N3O3/c1-3-5-14-11(16)9-15-7-6-13-8-10(15)12(17)18-4-2/h3,10,13H,1,4-9H2,2H3,(H,14,16). The summed E-state index contributed by atoms with van der Waals surface area (Å²) in [7, 11) is 0. The molecular formula is C12H21N3O3. The average Bonchev–Trinajstić information content (AvgIpc) is 2.37. The number of nitrogens with one attached hydrogen (secondary N) is 2. The van der Waals surface area contributed by atoms with Crippen LogP contribution in [0.25, 0.3) is 0 Å². The topological polar surface area (TPSA) is 70.7 Å². The highest BCUT2D eigenvalue weighted by Gasteiger charge is 2.30. The van der Waals surface area contributed by atoms with Crippen molar-refractivity contribution in [3.05, 3.63) is 12.7 Å². The predicted octanol–water partition coefficient (Wildman–Crippen LogP) is -0.874. The minimum atomic E-state index is -0.381. The largest absolute Gasteiger partial charge is 0.465 e. The van der Waals surface area contributed by atoms with E-state index in [1.807, 2.05) is 4.90 Å². The predicted molar refractivity (Wildman–Crippen MR) is 68.1 cm³/mol. The maximum Gasteiger partial charge on any atom is 0.324 e. The summed E-state index contributed by atoms with van der Waals surface area (Å²) in [6, 6.07) is -0.381. The van der Waals surface area contributed by atoms with Crippen molar-refractivity contribution < 1.29 is 14.3 Å². The lowest BCUT2D eigenvalue weighted by atomic mass is 10.2. The van der Waals surface area contributed by atoms with Gasteiger partial charge in [0.15, 0.2) is 0 Å². The van der Waals surface area contributed by atoms with Gasteiger partial charge in [0.2, 0.25) is 5.91 Å². The van der Waals surface area contributed by atoms with Gasteiger partial charge in [0.1, 0.15) is 6.04 Å². The molecule has 1 saturated heterocycles. The molecule has 2 N–H and O–H groups in total. The summed E-state index contributed by atoms with van der Waals surface area (Å²) in [5, 5.41) is 5.83. The molecule has 1 aliphatic heterocycles. The van der Waals surface area contributed by atoms with Crippen LogP contribution in [-0.2, 0) is 14.3 Å². The molecule has 1 heterocycles. The Hall–Kier alpha value is -1.40. The fourth-order valence-electron chi connectivity index (χ4n) is 1.83. The molecule has 0 aromatic rings. The summed E-state index contributed by atoms with van der Waals surface area (Å²) in [6.07, 6.45) is 1.62. The van der Waals surface area contributed by atoms with Gasteiger partial charge in [-0.15, -0.1) is 6.58 Å². The molecule has 18 heavy (non-hydrogen) atoms. The lowest BCUT2D eigenvalue weighted by Crippen LogP contribution is -2.57. The van der Waals surface area contributed by atoms with Crippen molar-refractivity contribution >= 4 is 11.9 Å². The van der Waals surface area contributed by atoms with Crippen LogP contribution in [0.4, 0.5) is 0 Å². The van der Waals surface area contributed by atoms with E-state index in [0.29, 0.717) is 26.2 Å². The van der Waals surface area contributed by atoms with Crippen molar-refractivity contribution in [2.45, 2.75) is 13.0 Å². The van der Waals surface area contributed by atoms with Crippen molar-refractivity contribution in [2.24, 2.45) is 0 Å². The van der Waals surface area contributed by atoms with Crippen LogP contribution in [0.5, 0.6) is 0 Å². The molecule has 0 saturated carbocycles. The highest BCUT2D eigenvalue weighted by molar-refractivity contribution is 5.80. The number of hydrogen-bond donors (Lipinski definition) is 2. The molecule has 0 spiro atoms. The Morgan fingerprint density at radius 2 is 2.39 bits per heavy atom. The number of carbonyl (C=O) groups excluding carboxylic acids is 2. The van der Waals surface area contributed by atoms with Crippen molar-refractivity contribution in [2.75, 3.05) is 39.3 Å². The zero-order valence-corrected chi connectivity index (χ0v) is 10.8. The molecule has 1 rings (SSSR count). The molecule has 6 heteroatoms. The molecule has 1 aliphatic rings. The van der Waals surface area contributed by atoms with Crippen LogP contribution in [0.1, 0.15) is 6.92 Å². The smallest absolute Gasteiger partial charge is 0.324 e. The van der Waals surface area contributed by atoms with Crippen LogP contribution in [0, 0.1) is 0 Å². The highest BCUT2D eigenvalue weighted by atomic mass is 16.5. The summed E-state index contributed by atoms with van der Waals surface area (Å²) >= 11 is 0. The average molecular weight is 255 g/mol. The van der Waals surface area contributed by atoms with Gasteiger partial charge in [-0.25, -0.2) is 0 Å². The number of esters is 1. The van der Waals surface area contributed by atoms with Crippen LogP contribution in [-0.4, -0.2) is 62.1 Å². The zero-order valence-electron chi connectivity index (χ0n) is 10.8. The van der Waals surface area contributed by atoms with E-state index in [1.165, 1.54) is 0 Å². The van der Waals surface area contributed by atoms with Gasteiger partial charge in [0.25, 0.3) is 0 Å². The first-order chi connectivity index (χ1) is 8.69. The molecule has 1 amide bonds. The van der Waals surface area contributed by atoms with E-state index in [4.69, 9.17) is 4.74 Å². The minimum absolute atomic E-state index is 0.105. The van der Waals surface area contributed by atoms with Crippen molar-refractivity contribution in [1.29, 1.82) is 0 Å². The molecule has 0 aliphatic carbocycles. The number of piperazine rings is 1. The molecule has 0 aromatic heterocycles. The number of nitrogens with zero attached hydrogens (tertiary/aromatic N) is 1. The van der Waals surface area contributed by atoms with Crippen molar-refractivity contribution in [3.8, 4) is 0 Å². The molecular weight excluding hydrogens is 234 g/mol. The lowest BCUT2D eigenvalue weighted by molar-refractivity contribution is -0.150. The molecule has 6 nitrogen and oxygen atoms in total. The molecule has 0 aromatic carbocycles. The number of ether oxygens (including phenoxy) is 1. The van der Waals surface area contributed by atoms with Crippen molar-refractivity contribution in [1.82, 2.24) is 15.5 Å². The summed E-state index contributed by atoms with van der Waals surface area (Å²) in [4.78, 5) is 25.2. The normalized spacial score (nSPS) is 20.2. The second-order valence-electron chi connectivity index (χ2n) is 4.04. The van der Waals surface area contributed by atoms with Gasteiger partial charge in [0, 0.05) is 26.2 Å². The van der Waals surface area contributed by atoms with Crippen LogP contribution < -0.4 is 10.6 Å². The summed E-state index contributed by atoms with van der Waals surface area (Å²) in [5.74, 6) is -0.382. The van der Waals surface area contributed by atoms with Gasteiger partial charge in [0.05, 0.1) is 13.2 Å². The number of amides is 1. The van der Waals surface area contributed by atoms with Crippen molar-refractivity contribution in [3.63, 3.8) is 0 Å². The summed E-state index contributed by atoms with van der Waals surface area (Å²) in [5.41, 5.74) is 0. The Bertz CT molecular complexity index is 307. The maximum absolute atomic E-state index is 11.8. The third-order valence-electron chi connectivity index (χ3n) is 2.70. The van der Waals surface area contributed by atoms with Gasteiger partial charge in [-0.2, -0.15) is 0 Å². The third kappa shape index (κ3) is 4.46. The molecule has 1 unspecified atom stereocenters. The Morgan fingerprint density at radius 1 is 1.61 bits per heavy atom. The van der Waals surface area contributed by atoms with Crippen LogP contribution >= 0.6 is 0 Å². The lowest BCUT2D eigenvalue weighted by Gasteiger charge is -2.33. The second-order valence-corrected chi connectivity index (χ2v) is 4.04. The van der Waals surface area contributed by atoms with E-state index >= 15 is 0 Å². The van der Waals surface area contributed by atoms with Gasteiger partial charge in [-0.1, -0.05) is 6.08 Å². The fourth-order valence-corrected chi connectivity index (χ4v) is 1.83. The summed E-state index contributed by atoms with van der Waals surface area (Å²) in [6.45, 7) is 8.26. The highest BCUT2D eigenvalue weighted by Crippen LogP contribution is 2.05. The molecule has 1 atom stereocenters. The van der Waals surface area contributed by atoms with E-state index < -0.39 is 0 Å². The summed E-state index contributed by atoms with van der Waals surface area (Å²) < 4.78 is 5.01. The van der Waals surface area contributed by atoms with E-state index in [0.717, 1.165) is 6.54 Å². The first-order valence-corrected chi connectivity index (χ1v) is 6.18. The first-order valence-electron chi connectivity index (χ1n) is 6.18. The zero-order chi connectivity index (χ0) is 13.4. The fraction of sp³-hybridized carbons (Fsp3) is 0.667.